The number of benzene rings is 1. The van der Waals surface area contributed by atoms with Crippen LogP contribution in [0.2, 0.25) is 0 Å². The number of primary amides is 1. The Labute approximate surface area is 161 Å². The quantitative estimate of drug-likeness (QED) is 0.728. The molecule has 1 heterocycles. The van der Waals surface area contributed by atoms with Gasteiger partial charge < -0.3 is 20.7 Å². The number of hydrogen-bond donors (Lipinski definition) is 2. The second kappa shape index (κ2) is 9.74. The summed E-state index contributed by atoms with van der Waals surface area (Å²) in [6.45, 7) is 3.39. The number of nitrogens with zero attached hydrogens (tertiary/aromatic N) is 1. The Morgan fingerprint density at radius 2 is 1.74 bits per heavy atom. The number of ether oxygens (including phenoxy) is 1. The molecule has 2 fully saturated rings. The molecule has 1 saturated heterocycles. The van der Waals surface area contributed by atoms with E-state index in [0.29, 0.717) is 5.75 Å². The number of hydrogen-bond acceptors (Lipinski definition) is 4. The van der Waals surface area contributed by atoms with E-state index in [1.807, 2.05) is 0 Å². The fourth-order valence-electron chi connectivity index (χ4n) is 4.14. The van der Waals surface area contributed by atoms with Crippen LogP contribution >= 0.6 is 0 Å². The Kier molecular flexibility index (Phi) is 7.10. The van der Waals surface area contributed by atoms with E-state index in [1.54, 1.807) is 24.3 Å². The summed E-state index contributed by atoms with van der Waals surface area (Å²) in [5, 5.41) is 3.09. The van der Waals surface area contributed by atoms with Crippen molar-refractivity contribution in [2.45, 2.75) is 51.0 Å². The van der Waals surface area contributed by atoms with Crippen molar-refractivity contribution in [1.82, 2.24) is 10.2 Å². The number of amides is 2. The number of piperidine rings is 1. The Bertz CT molecular complexity index is 618. The normalized spacial score (nSPS) is 19.1. The van der Waals surface area contributed by atoms with Gasteiger partial charge in [0.1, 0.15) is 5.75 Å². The minimum absolute atomic E-state index is 0.0114. The third-order valence-corrected chi connectivity index (χ3v) is 5.62. The molecular weight excluding hydrogens is 342 g/mol. The highest BCUT2D eigenvalue weighted by molar-refractivity contribution is 5.78. The van der Waals surface area contributed by atoms with Crippen LogP contribution in [0.5, 0.6) is 5.75 Å². The van der Waals surface area contributed by atoms with Crippen LogP contribution in [-0.4, -0.2) is 49.0 Å². The van der Waals surface area contributed by atoms with Crippen molar-refractivity contribution >= 4 is 11.8 Å². The van der Waals surface area contributed by atoms with Crippen molar-refractivity contribution in [3.05, 3.63) is 29.8 Å². The van der Waals surface area contributed by atoms with Crippen LogP contribution in [0.1, 0.15) is 44.1 Å². The molecule has 0 spiro atoms. The monoisotopic (exact) mass is 373 g/mol. The van der Waals surface area contributed by atoms with Crippen LogP contribution in [0.25, 0.3) is 0 Å². The van der Waals surface area contributed by atoms with Gasteiger partial charge in [-0.1, -0.05) is 25.0 Å². The third kappa shape index (κ3) is 6.54. The van der Waals surface area contributed by atoms with Gasteiger partial charge in [0.05, 0.1) is 6.42 Å². The van der Waals surface area contributed by atoms with Gasteiger partial charge >= 0.3 is 0 Å². The number of carbonyl (C=O) groups excluding carboxylic acids is 2. The molecule has 2 aliphatic rings. The SMILES string of the molecule is NC(=O)Cc1ccc(OCC(=O)NC2CCN(CC3CCCC3)CC2)cc1. The van der Waals surface area contributed by atoms with Crippen molar-refractivity contribution in [1.29, 1.82) is 0 Å². The van der Waals surface area contributed by atoms with Gasteiger partial charge in [0, 0.05) is 25.7 Å². The van der Waals surface area contributed by atoms with Crippen molar-refractivity contribution < 1.29 is 14.3 Å². The summed E-state index contributed by atoms with van der Waals surface area (Å²) in [6.07, 6.45) is 7.80. The number of likely N-dealkylation sites (tertiary alicyclic amines) is 1. The highest BCUT2D eigenvalue weighted by Crippen LogP contribution is 2.26. The van der Waals surface area contributed by atoms with E-state index in [1.165, 1.54) is 32.2 Å². The van der Waals surface area contributed by atoms with Crippen molar-refractivity contribution in [2.75, 3.05) is 26.2 Å². The fourth-order valence-corrected chi connectivity index (χ4v) is 4.14. The lowest BCUT2D eigenvalue weighted by atomic mass is 10.0. The summed E-state index contributed by atoms with van der Waals surface area (Å²) in [5.74, 6) is 1.06. The fraction of sp³-hybridized carbons (Fsp3) is 0.619. The number of nitrogens with one attached hydrogen (secondary N) is 1. The van der Waals surface area contributed by atoms with Gasteiger partial charge in [-0.15, -0.1) is 0 Å². The van der Waals surface area contributed by atoms with Crippen molar-refractivity contribution in [3.8, 4) is 5.75 Å². The minimum atomic E-state index is -0.364. The second-order valence-electron chi connectivity index (χ2n) is 7.87. The molecular formula is C21H31N3O3. The molecule has 148 valence electrons. The lowest BCUT2D eigenvalue weighted by molar-refractivity contribution is -0.124. The van der Waals surface area contributed by atoms with Gasteiger partial charge in [-0.25, -0.2) is 0 Å². The van der Waals surface area contributed by atoms with Gasteiger partial charge in [-0.2, -0.15) is 0 Å². The van der Waals surface area contributed by atoms with Crippen LogP contribution in [-0.2, 0) is 16.0 Å². The van der Waals surface area contributed by atoms with Crippen LogP contribution in [0.4, 0.5) is 0 Å². The summed E-state index contributed by atoms with van der Waals surface area (Å²) in [4.78, 5) is 25.6. The molecule has 0 radical (unpaired) electrons. The Morgan fingerprint density at radius 1 is 1.07 bits per heavy atom. The first-order chi connectivity index (χ1) is 13.1. The Balaban J connectivity index is 1.33. The number of rotatable bonds is 8. The second-order valence-corrected chi connectivity index (χ2v) is 7.87. The number of carbonyl (C=O) groups is 2. The molecule has 6 nitrogen and oxygen atoms in total. The van der Waals surface area contributed by atoms with E-state index >= 15 is 0 Å². The molecule has 0 aromatic heterocycles. The van der Waals surface area contributed by atoms with E-state index in [0.717, 1.165) is 37.4 Å². The smallest absolute Gasteiger partial charge is 0.258 e. The largest absolute Gasteiger partial charge is 0.484 e. The molecule has 1 aliphatic heterocycles. The maximum absolute atomic E-state index is 12.1. The summed E-state index contributed by atoms with van der Waals surface area (Å²) in [6, 6.07) is 7.34. The van der Waals surface area contributed by atoms with Crippen LogP contribution in [0, 0.1) is 5.92 Å². The van der Waals surface area contributed by atoms with Gasteiger partial charge in [-0.05, 0) is 49.3 Å². The van der Waals surface area contributed by atoms with Crippen LogP contribution in [0.3, 0.4) is 0 Å². The van der Waals surface area contributed by atoms with Crippen molar-refractivity contribution in [2.24, 2.45) is 11.7 Å². The first kappa shape index (κ1) is 19.7. The van der Waals surface area contributed by atoms with E-state index in [-0.39, 0.29) is 30.9 Å². The lowest BCUT2D eigenvalue weighted by Gasteiger charge is -2.33. The molecule has 2 amide bonds. The molecule has 0 bridgehead atoms. The molecule has 3 N–H and O–H groups in total. The average molecular weight is 373 g/mol. The Hall–Kier alpha value is -2.08. The van der Waals surface area contributed by atoms with Crippen LogP contribution in [0.15, 0.2) is 24.3 Å². The molecule has 1 aliphatic carbocycles. The summed E-state index contributed by atoms with van der Waals surface area (Å²) < 4.78 is 5.54. The topological polar surface area (TPSA) is 84.7 Å². The maximum atomic E-state index is 12.1. The molecule has 6 heteroatoms. The van der Waals surface area contributed by atoms with E-state index in [2.05, 4.69) is 10.2 Å². The molecule has 1 aromatic carbocycles. The van der Waals surface area contributed by atoms with E-state index in [9.17, 15) is 9.59 Å². The zero-order chi connectivity index (χ0) is 19.1. The predicted octanol–water partition coefficient (Wildman–Crippen LogP) is 1.86. The van der Waals surface area contributed by atoms with Gasteiger partial charge in [0.15, 0.2) is 6.61 Å². The summed E-state index contributed by atoms with van der Waals surface area (Å²) in [7, 11) is 0. The zero-order valence-corrected chi connectivity index (χ0v) is 16.0. The number of nitrogens with two attached hydrogens (primary N) is 1. The molecule has 1 aromatic rings. The average Bonchev–Trinajstić information content (AvgIpc) is 3.15. The summed E-state index contributed by atoms with van der Waals surface area (Å²) in [5.41, 5.74) is 6.01. The van der Waals surface area contributed by atoms with Gasteiger partial charge in [0.2, 0.25) is 5.91 Å². The maximum Gasteiger partial charge on any atom is 0.258 e. The summed E-state index contributed by atoms with van der Waals surface area (Å²) >= 11 is 0. The highest BCUT2D eigenvalue weighted by atomic mass is 16.5. The first-order valence-corrected chi connectivity index (χ1v) is 10.1. The van der Waals surface area contributed by atoms with E-state index in [4.69, 9.17) is 10.5 Å². The molecule has 0 atom stereocenters. The lowest BCUT2D eigenvalue weighted by Crippen LogP contribution is -2.46. The molecule has 27 heavy (non-hydrogen) atoms. The third-order valence-electron chi connectivity index (χ3n) is 5.62. The van der Waals surface area contributed by atoms with Crippen LogP contribution < -0.4 is 15.8 Å². The van der Waals surface area contributed by atoms with E-state index < -0.39 is 0 Å². The van der Waals surface area contributed by atoms with Crippen molar-refractivity contribution in [3.63, 3.8) is 0 Å². The van der Waals surface area contributed by atoms with Gasteiger partial charge in [0.25, 0.3) is 5.91 Å². The minimum Gasteiger partial charge on any atom is -0.484 e. The molecule has 3 rings (SSSR count). The first-order valence-electron chi connectivity index (χ1n) is 10.1. The van der Waals surface area contributed by atoms with Gasteiger partial charge in [-0.3, -0.25) is 9.59 Å². The highest BCUT2D eigenvalue weighted by Gasteiger charge is 2.24. The Morgan fingerprint density at radius 3 is 2.37 bits per heavy atom. The molecule has 0 unspecified atom stereocenters. The standard InChI is InChI=1S/C21H31N3O3/c22-20(25)13-16-5-7-19(8-6-16)27-15-21(26)23-18-9-11-24(12-10-18)14-17-3-1-2-4-17/h5-8,17-18H,1-4,9-15H2,(H2,22,25)(H,23,26). The molecule has 1 saturated carbocycles. The predicted molar refractivity (Wildman–Crippen MR) is 104 cm³/mol. The zero-order valence-electron chi connectivity index (χ0n) is 16.0.